The van der Waals surface area contributed by atoms with E-state index in [1.165, 1.54) is 15.7 Å². The second-order valence-corrected chi connectivity index (χ2v) is 7.82. The SMILES string of the molecule is COCCN1C(=O)S/C(=C/c2ccc(OCc3cccc4ccccc34)cc2)C1=O. The maximum absolute atomic E-state index is 12.4. The number of amides is 2. The summed E-state index contributed by atoms with van der Waals surface area (Å²) < 4.78 is 10.9. The fraction of sp³-hybridized carbons (Fsp3) is 0.167. The molecule has 0 saturated carbocycles. The van der Waals surface area contributed by atoms with Gasteiger partial charge in [0.25, 0.3) is 11.1 Å². The van der Waals surface area contributed by atoms with Crippen molar-refractivity contribution in [1.29, 1.82) is 0 Å². The van der Waals surface area contributed by atoms with E-state index >= 15 is 0 Å². The fourth-order valence-electron chi connectivity index (χ4n) is 3.27. The van der Waals surface area contributed by atoms with Crippen molar-refractivity contribution < 1.29 is 19.1 Å². The lowest BCUT2D eigenvalue weighted by Crippen LogP contribution is -2.31. The van der Waals surface area contributed by atoms with Crippen LogP contribution < -0.4 is 4.74 Å². The second-order valence-electron chi connectivity index (χ2n) is 6.82. The molecule has 0 N–H and O–H groups in total. The van der Waals surface area contributed by atoms with Gasteiger partial charge in [-0.1, -0.05) is 54.6 Å². The first-order chi connectivity index (χ1) is 14.7. The third kappa shape index (κ3) is 4.40. The molecule has 0 aromatic heterocycles. The van der Waals surface area contributed by atoms with Crippen LogP contribution in [0, 0.1) is 0 Å². The largest absolute Gasteiger partial charge is 0.489 e. The van der Waals surface area contributed by atoms with E-state index < -0.39 is 0 Å². The van der Waals surface area contributed by atoms with Crippen molar-refractivity contribution in [1.82, 2.24) is 4.90 Å². The quantitative estimate of drug-likeness (QED) is 0.499. The lowest BCUT2D eigenvalue weighted by molar-refractivity contribution is -0.123. The summed E-state index contributed by atoms with van der Waals surface area (Å²) in [6.07, 6.45) is 1.73. The van der Waals surface area contributed by atoms with E-state index in [9.17, 15) is 9.59 Å². The number of ether oxygens (including phenoxy) is 2. The number of hydrogen-bond donors (Lipinski definition) is 0. The molecule has 0 atom stereocenters. The molecule has 1 heterocycles. The van der Waals surface area contributed by atoms with Crippen LogP contribution in [0.25, 0.3) is 16.8 Å². The van der Waals surface area contributed by atoms with E-state index in [0.29, 0.717) is 18.1 Å². The van der Waals surface area contributed by atoms with Gasteiger partial charge in [-0.05, 0) is 51.9 Å². The van der Waals surface area contributed by atoms with Crippen molar-refractivity contribution in [3.05, 3.63) is 82.8 Å². The average molecular weight is 420 g/mol. The van der Waals surface area contributed by atoms with E-state index in [4.69, 9.17) is 9.47 Å². The zero-order valence-corrected chi connectivity index (χ0v) is 17.4. The van der Waals surface area contributed by atoms with Gasteiger partial charge in [0.2, 0.25) is 0 Å². The van der Waals surface area contributed by atoms with Crippen molar-refractivity contribution in [2.24, 2.45) is 0 Å². The van der Waals surface area contributed by atoms with Gasteiger partial charge in [-0.3, -0.25) is 14.5 Å². The van der Waals surface area contributed by atoms with Crippen LogP contribution in [0.4, 0.5) is 4.79 Å². The molecule has 3 aromatic carbocycles. The molecule has 1 aliphatic heterocycles. The lowest BCUT2D eigenvalue weighted by Gasteiger charge is -2.10. The molecular formula is C24H21NO4S. The van der Waals surface area contributed by atoms with E-state index in [-0.39, 0.29) is 17.7 Å². The summed E-state index contributed by atoms with van der Waals surface area (Å²) in [7, 11) is 1.54. The number of benzene rings is 3. The topological polar surface area (TPSA) is 55.8 Å². The smallest absolute Gasteiger partial charge is 0.293 e. The van der Waals surface area contributed by atoms with E-state index in [1.807, 2.05) is 42.5 Å². The summed E-state index contributed by atoms with van der Waals surface area (Å²) in [6.45, 7) is 1.06. The molecule has 3 aromatic rings. The summed E-state index contributed by atoms with van der Waals surface area (Å²) in [5.74, 6) is 0.464. The fourth-order valence-corrected chi connectivity index (χ4v) is 4.13. The van der Waals surface area contributed by atoms with Crippen molar-refractivity contribution in [3.63, 3.8) is 0 Å². The first-order valence-electron chi connectivity index (χ1n) is 9.59. The number of carbonyl (C=O) groups excluding carboxylic acids is 2. The highest BCUT2D eigenvalue weighted by Gasteiger charge is 2.34. The number of imide groups is 1. The summed E-state index contributed by atoms with van der Waals surface area (Å²) in [6, 6.07) is 21.9. The molecule has 4 rings (SSSR count). The first-order valence-corrected chi connectivity index (χ1v) is 10.4. The predicted octanol–water partition coefficient (Wildman–Crippen LogP) is 5.10. The van der Waals surface area contributed by atoms with E-state index in [2.05, 4.69) is 24.3 Å². The summed E-state index contributed by atoms with van der Waals surface area (Å²) in [5.41, 5.74) is 1.96. The standard InChI is InChI=1S/C24H21NO4S/c1-28-14-13-25-23(26)22(30-24(25)27)15-17-9-11-20(12-10-17)29-16-19-7-4-6-18-5-2-3-8-21(18)19/h2-12,15H,13-14,16H2,1H3/b22-15+. The van der Waals surface area contributed by atoms with Gasteiger partial charge in [0.1, 0.15) is 12.4 Å². The average Bonchev–Trinajstić information content (AvgIpc) is 3.04. The number of nitrogens with zero attached hydrogens (tertiary/aromatic N) is 1. The molecule has 6 heteroatoms. The Balaban J connectivity index is 1.42. The normalized spacial score (nSPS) is 15.4. The molecule has 1 fully saturated rings. The summed E-state index contributed by atoms with van der Waals surface area (Å²) in [5, 5.41) is 2.10. The van der Waals surface area contributed by atoms with Crippen LogP contribution in [0.1, 0.15) is 11.1 Å². The Hall–Kier alpha value is -3.09. The van der Waals surface area contributed by atoms with Crippen LogP contribution in [0.5, 0.6) is 5.75 Å². The molecular weight excluding hydrogens is 398 g/mol. The Morgan fingerprint density at radius 1 is 0.967 bits per heavy atom. The molecule has 0 spiro atoms. The Bertz CT molecular complexity index is 1100. The molecule has 0 aliphatic carbocycles. The van der Waals surface area contributed by atoms with E-state index in [0.717, 1.165) is 28.6 Å². The summed E-state index contributed by atoms with van der Waals surface area (Å²) in [4.78, 5) is 26.0. The maximum atomic E-state index is 12.4. The number of carbonyl (C=O) groups is 2. The Morgan fingerprint density at radius 3 is 2.53 bits per heavy atom. The van der Waals surface area contributed by atoms with Crippen molar-refractivity contribution in [2.45, 2.75) is 6.61 Å². The molecule has 152 valence electrons. The van der Waals surface area contributed by atoms with Crippen LogP contribution >= 0.6 is 11.8 Å². The maximum Gasteiger partial charge on any atom is 0.293 e. The van der Waals surface area contributed by atoms with Crippen molar-refractivity contribution in [2.75, 3.05) is 20.3 Å². The van der Waals surface area contributed by atoms with Crippen LogP contribution in [-0.4, -0.2) is 36.3 Å². The third-order valence-corrected chi connectivity index (χ3v) is 5.75. The Labute approximate surface area is 179 Å². The highest BCUT2D eigenvalue weighted by molar-refractivity contribution is 8.18. The highest BCUT2D eigenvalue weighted by atomic mass is 32.2. The van der Waals surface area contributed by atoms with E-state index in [1.54, 1.807) is 13.2 Å². The molecule has 1 saturated heterocycles. The second kappa shape index (κ2) is 9.15. The van der Waals surface area contributed by atoms with Crippen LogP contribution in [0.3, 0.4) is 0 Å². The first kappa shape index (κ1) is 20.2. The highest BCUT2D eigenvalue weighted by Crippen LogP contribution is 2.32. The van der Waals surface area contributed by atoms with Crippen LogP contribution in [0.15, 0.2) is 71.6 Å². The minimum Gasteiger partial charge on any atom is -0.489 e. The van der Waals surface area contributed by atoms with Crippen molar-refractivity contribution in [3.8, 4) is 5.75 Å². The van der Waals surface area contributed by atoms with Gasteiger partial charge in [0, 0.05) is 7.11 Å². The number of thioether (sulfide) groups is 1. The lowest BCUT2D eigenvalue weighted by atomic mass is 10.1. The van der Waals surface area contributed by atoms with Crippen LogP contribution in [0.2, 0.25) is 0 Å². The third-order valence-electron chi connectivity index (χ3n) is 4.84. The van der Waals surface area contributed by atoms with Gasteiger partial charge in [-0.15, -0.1) is 0 Å². The number of fused-ring (bicyclic) bond motifs is 1. The number of hydrogen-bond acceptors (Lipinski definition) is 5. The monoisotopic (exact) mass is 419 g/mol. The number of rotatable bonds is 7. The molecule has 2 amide bonds. The molecule has 0 unspecified atom stereocenters. The zero-order valence-electron chi connectivity index (χ0n) is 16.5. The molecule has 30 heavy (non-hydrogen) atoms. The van der Waals surface area contributed by atoms with Gasteiger partial charge in [0.15, 0.2) is 0 Å². The number of methoxy groups -OCH3 is 1. The van der Waals surface area contributed by atoms with Gasteiger partial charge in [-0.2, -0.15) is 0 Å². The van der Waals surface area contributed by atoms with Gasteiger partial charge < -0.3 is 9.47 Å². The summed E-state index contributed by atoms with van der Waals surface area (Å²) >= 11 is 0.952. The minimum atomic E-state index is -0.279. The van der Waals surface area contributed by atoms with Crippen molar-refractivity contribution >= 4 is 39.8 Å². The molecule has 5 nitrogen and oxygen atoms in total. The predicted molar refractivity (Wildman–Crippen MR) is 119 cm³/mol. The molecule has 0 radical (unpaired) electrons. The van der Waals surface area contributed by atoms with Gasteiger partial charge >= 0.3 is 0 Å². The molecule has 1 aliphatic rings. The van der Waals surface area contributed by atoms with Crippen LogP contribution in [-0.2, 0) is 16.1 Å². The minimum absolute atomic E-state index is 0.263. The van der Waals surface area contributed by atoms with Gasteiger partial charge in [-0.25, -0.2) is 0 Å². The Morgan fingerprint density at radius 2 is 1.73 bits per heavy atom. The Kier molecular flexibility index (Phi) is 6.16. The zero-order chi connectivity index (χ0) is 20.9. The molecule has 0 bridgehead atoms. The van der Waals surface area contributed by atoms with Gasteiger partial charge in [0.05, 0.1) is 18.1 Å².